The number of thiazole rings is 1. The van der Waals surface area contributed by atoms with Gasteiger partial charge in [0.05, 0.1) is 29.4 Å². The maximum Gasteiger partial charge on any atom is 0.271 e. The smallest absolute Gasteiger partial charge is 0.271 e. The van der Waals surface area contributed by atoms with E-state index in [4.69, 9.17) is 14.1 Å². The van der Waals surface area contributed by atoms with Crippen molar-refractivity contribution in [2.45, 2.75) is 25.8 Å². The number of carbonyl (C=O) groups excluding carboxylic acids is 1. The molecule has 0 bridgehead atoms. The summed E-state index contributed by atoms with van der Waals surface area (Å²) in [6, 6.07) is 24.2. The van der Waals surface area contributed by atoms with E-state index in [1.165, 1.54) is 23.0 Å². The molecule has 0 saturated heterocycles. The topological polar surface area (TPSA) is 96.9 Å². The Balaban J connectivity index is 1.38. The summed E-state index contributed by atoms with van der Waals surface area (Å²) >= 11 is 1.33. The van der Waals surface area contributed by atoms with Crippen LogP contribution < -0.4 is 24.7 Å². The van der Waals surface area contributed by atoms with Gasteiger partial charge in [-0.3, -0.25) is 9.36 Å². The van der Waals surface area contributed by atoms with Crippen molar-refractivity contribution in [1.82, 2.24) is 4.57 Å². The normalized spacial score (nSPS) is 16.0. The third-order valence-corrected chi connectivity index (χ3v) is 8.92. The molecule has 3 aromatic carbocycles. The number of carbonyl (C=O) groups is 1. The fourth-order valence-corrected chi connectivity index (χ4v) is 6.94. The molecule has 0 fully saturated rings. The minimum Gasteiger partial charge on any atom is -0.545 e. The van der Waals surface area contributed by atoms with Crippen LogP contribution in [0.1, 0.15) is 50.8 Å². The van der Waals surface area contributed by atoms with E-state index in [0.717, 1.165) is 52.1 Å². The molecule has 3 heterocycles. The first-order valence-electron chi connectivity index (χ1n) is 13.6. The van der Waals surface area contributed by atoms with Crippen LogP contribution in [0.3, 0.4) is 0 Å². The lowest BCUT2D eigenvalue weighted by molar-refractivity contribution is -0.255. The van der Waals surface area contributed by atoms with E-state index in [-0.39, 0.29) is 17.2 Å². The molecule has 0 saturated carbocycles. The standard InChI is InChI=1S/C34H26N2O5S/c1-19-17-21(33(38)39)12-14-23(19)28-16-13-22(41-28)18-29-32(37)36-31(25-9-5-6-10-27(25)40-2)26-15-11-20-7-3-4-8-24(20)30(26)35-34(36)42-29/h3-10,12-14,16-18,31H,11,15H2,1-2H3,(H,38,39)/p-1/b29-18+/t31-/m1/s1. The Labute approximate surface area is 245 Å². The van der Waals surface area contributed by atoms with Crippen molar-refractivity contribution >= 4 is 29.1 Å². The largest absolute Gasteiger partial charge is 0.545 e. The van der Waals surface area contributed by atoms with Crippen LogP contribution >= 0.6 is 11.3 Å². The number of rotatable bonds is 5. The molecule has 2 aromatic heterocycles. The highest BCUT2D eigenvalue weighted by Gasteiger charge is 2.34. The van der Waals surface area contributed by atoms with Gasteiger partial charge in [-0.2, -0.15) is 0 Å². The van der Waals surface area contributed by atoms with E-state index >= 15 is 0 Å². The lowest BCUT2D eigenvalue weighted by Gasteiger charge is -2.31. The fraction of sp³-hybridized carbons (Fsp3) is 0.147. The number of carboxylic acids is 1. The number of ether oxygens (including phenoxy) is 1. The zero-order valence-electron chi connectivity index (χ0n) is 22.9. The molecule has 0 spiro atoms. The second-order valence-corrected chi connectivity index (χ2v) is 11.4. The molecule has 208 valence electrons. The van der Waals surface area contributed by atoms with Crippen molar-refractivity contribution in [3.63, 3.8) is 0 Å². The zero-order valence-corrected chi connectivity index (χ0v) is 23.7. The van der Waals surface area contributed by atoms with Gasteiger partial charge in [0, 0.05) is 22.8 Å². The lowest BCUT2D eigenvalue weighted by Crippen LogP contribution is -2.38. The van der Waals surface area contributed by atoms with Gasteiger partial charge in [-0.05, 0) is 66.3 Å². The van der Waals surface area contributed by atoms with Crippen LogP contribution in [-0.2, 0) is 6.42 Å². The summed E-state index contributed by atoms with van der Waals surface area (Å²) in [5.41, 5.74) is 6.79. The molecular formula is C34H25N2O5S-. The number of fused-ring (bicyclic) bond motifs is 3. The van der Waals surface area contributed by atoms with E-state index in [0.29, 0.717) is 20.9 Å². The molecule has 0 radical (unpaired) electrons. The second-order valence-electron chi connectivity index (χ2n) is 10.4. The lowest BCUT2D eigenvalue weighted by atomic mass is 9.83. The molecule has 8 heteroatoms. The average molecular weight is 574 g/mol. The van der Waals surface area contributed by atoms with E-state index in [2.05, 4.69) is 18.2 Å². The van der Waals surface area contributed by atoms with Crippen LogP contribution in [0.15, 0.2) is 98.6 Å². The Hall–Kier alpha value is -4.95. The summed E-state index contributed by atoms with van der Waals surface area (Å²) in [7, 11) is 1.65. The minimum atomic E-state index is -1.23. The first-order valence-corrected chi connectivity index (χ1v) is 14.4. The van der Waals surface area contributed by atoms with Crippen LogP contribution in [0, 0.1) is 6.92 Å². The van der Waals surface area contributed by atoms with Gasteiger partial charge in [0.25, 0.3) is 5.56 Å². The number of hydrogen-bond donors (Lipinski definition) is 0. The number of para-hydroxylation sites is 1. The Kier molecular flexibility index (Phi) is 6.28. The third kappa shape index (κ3) is 4.23. The molecule has 7 nitrogen and oxygen atoms in total. The van der Waals surface area contributed by atoms with Gasteiger partial charge in [-0.25, -0.2) is 4.99 Å². The molecule has 42 heavy (non-hydrogen) atoms. The maximum absolute atomic E-state index is 14.1. The average Bonchev–Trinajstić information content (AvgIpc) is 3.59. The van der Waals surface area contributed by atoms with E-state index in [1.54, 1.807) is 36.0 Å². The van der Waals surface area contributed by atoms with Gasteiger partial charge in [-0.1, -0.05) is 65.9 Å². The number of benzene rings is 3. The summed E-state index contributed by atoms with van der Waals surface area (Å²) in [4.78, 5) is 31.0. The van der Waals surface area contributed by atoms with Crippen molar-refractivity contribution in [3.05, 3.63) is 138 Å². The van der Waals surface area contributed by atoms with Gasteiger partial charge in [0.1, 0.15) is 17.3 Å². The monoisotopic (exact) mass is 573 g/mol. The van der Waals surface area contributed by atoms with E-state index in [9.17, 15) is 14.7 Å². The first-order chi connectivity index (χ1) is 20.4. The summed E-state index contributed by atoms with van der Waals surface area (Å²) in [6.45, 7) is 1.82. The highest BCUT2D eigenvalue weighted by Crippen LogP contribution is 2.43. The highest BCUT2D eigenvalue weighted by molar-refractivity contribution is 7.07. The van der Waals surface area contributed by atoms with E-state index < -0.39 is 5.97 Å². The maximum atomic E-state index is 14.1. The Morgan fingerprint density at radius 1 is 1.05 bits per heavy atom. The first kappa shape index (κ1) is 26.0. The van der Waals surface area contributed by atoms with Crippen LogP contribution in [0.2, 0.25) is 0 Å². The zero-order chi connectivity index (χ0) is 29.0. The third-order valence-electron chi connectivity index (χ3n) is 7.93. The van der Waals surface area contributed by atoms with Crippen LogP contribution in [-0.4, -0.2) is 17.6 Å². The molecule has 1 aliphatic heterocycles. The number of aromatic nitrogens is 1. The van der Waals surface area contributed by atoms with Gasteiger partial charge in [-0.15, -0.1) is 0 Å². The van der Waals surface area contributed by atoms with Crippen LogP contribution in [0.25, 0.3) is 23.1 Å². The van der Waals surface area contributed by atoms with Gasteiger partial charge >= 0.3 is 0 Å². The molecule has 1 aliphatic carbocycles. The highest BCUT2D eigenvalue weighted by atomic mass is 32.1. The number of furan rings is 1. The van der Waals surface area contributed by atoms with Gasteiger partial charge < -0.3 is 19.1 Å². The molecule has 5 aromatic rings. The quantitative estimate of drug-likeness (QED) is 0.313. The number of carboxylic acid groups (broad SMARTS) is 1. The van der Waals surface area contributed by atoms with Crippen molar-refractivity contribution in [2.75, 3.05) is 7.11 Å². The van der Waals surface area contributed by atoms with Gasteiger partial charge in [0.2, 0.25) is 0 Å². The summed E-state index contributed by atoms with van der Waals surface area (Å²) in [5.74, 6) is 0.592. The molecule has 0 amide bonds. The molecular weight excluding hydrogens is 548 g/mol. The SMILES string of the molecule is COc1ccccc1[C@@H]1C2=C(N=c3s/c(=C/c4ccc(-c5ccc(C(=O)[O-])cc5C)o4)c(=O)n31)c1ccccc1CC2. The molecule has 2 aliphatic rings. The van der Waals surface area contributed by atoms with Crippen LogP contribution in [0.5, 0.6) is 5.75 Å². The number of nitrogens with zero attached hydrogens (tertiary/aromatic N) is 2. The second kappa shape index (κ2) is 10.2. The number of aromatic carboxylic acids is 1. The number of aryl methyl sites for hydroxylation is 2. The predicted molar refractivity (Wildman–Crippen MR) is 159 cm³/mol. The van der Waals surface area contributed by atoms with Crippen molar-refractivity contribution in [1.29, 1.82) is 0 Å². The Bertz CT molecular complexity index is 2110. The molecule has 0 unspecified atom stereocenters. The number of methoxy groups -OCH3 is 1. The Morgan fingerprint density at radius 3 is 2.67 bits per heavy atom. The number of allylic oxidation sites excluding steroid dienone is 1. The van der Waals surface area contributed by atoms with E-state index in [1.807, 2.05) is 43.3 Å². The minimum absolute atomic E-state index is 0.110. The van der Waals surface area contributed by atoms with Crippen LogP contribution in [0.4, 0.5) is 0 Å². The summed E-state index contributed by atoms with van der Waals surface area (Å²) in [5, 5.41) is 11.2. The van der Waals surface area contributed by atoms with Gasteiger partial charge in [0.15, 0.2) is 4.80 Å². The summed E-state index contributed by atoms with van der Waals surface area (Å²) < 4.78 is 14.2. The van der Waals surface area contributed by atoms with Crippen molar-refractivity contribution in [3.8, 4) is 17.1 Å². The molecule has 0 N–H and O–H groups in total. The van der Waals surface area contributed by atoms with Crippen molar-refractivity contribution < 1.29 is 19.1 Å². The molecule has 7 rings (SSSR count). The molecule has 1 atom stereocenters. The predicted octanol–water partition coefficient (Wildman–Crippen LogP) is 4.26. The Morgan fingerprint density at radius 2 is 1.86 bits per heavy atom. The fourth-order valence-electron chi connectivity index (χ4n) is 5.96. The summed E-state index contributed by atoms with van der Waals surface area (Å²) in [6.07, 6.45) is 3.41. The van der Waals surface area contributed by atoms with Crippen molar-refractivity contribution in [2.24, 2.45) is 4.99 Å². The number of hydrogen-bond acceptors (Lipinski definition) is 7.